The van der Waals surface area contributed by atoms with Crippen molar-refractivity contribution >= 4 is 9.84 Å². The van der Waals surface area contributed by atoms with Crippen molar-refractivity contribution in [2.24, 2.45) is 0 Å². The van der Waals surface area contributed by atoms with Crippen molar-refractivity contribution in [3.05, 3.63) is 60.2 Å². The van der Waals surface area contributed by atoms with Gasteiger partial charge in [0.1, 0.15) is 5.82 Å². The Kier molecular flexibility index (Phi) is 4.38. The number of nitrogens with one attached hydrogen (secondary N) is 1. The molecule has 0 amide bonds. The van der Waals surface area contributed by atoms with Crippen LogP contribution in [0.3, 0.4) is 0 Å². The number of halogens is 3. The fraction of sp³-hybridized carbons (Fsp3) is 0.118. The fourth-order valence-electron chi connectivity index (χ4n) is 2.39. The fourth-order valence-corrected chi connectivity index (χ4v) is 3.02. The summed E-state index contributed by atoms with van der Waals surface area (Å²) in [5.74, 6) is -0.960. The zero-order chi connectivity index (χ0) is 18.2. The summed E-state index contributed by atoms with van der Waals surface area (Å²) in [5, 5.41) is 0. The number of aromatic amines is 1. The minimum Gasteiger partial charge on any atom is -0.337 e. The molecule has 2 aromatic carbocycles. The lowest BCUT2D eigenvalue weighted by Crippen LogP contribution is -1.96. The second-order valence-electron chi connectivity index (χ2n) is 5.45. The van der Waals surface area contributed by atoms with Crippen molar-refractivity contribution in [3.63, 3.8) is 0 Å². The number of nitrogens with zero attached hydrogens (tertiary/aromatic N) is 1. The number of benzene rings is 2. The Balaban J connectivity index is 2.13. The van der Waals surface area contributed by atoms with E-state index >= 15 is 0 Å². The summed E-state index contributed by atoms with van der Waals surface area (Å²) < 4.78 is 62.3. The molecule has 1 N–H and O–H groups in total. The third-order valence-electron chi connectivity index (χ3n) is 3.62. The highest BCUT2D eigenvalue weighted by molar-refractivity contribution is 7.90. The first-order valence-electron chi connectivity index (χ1n) is 7.20. The first kappa shape index (κ1) is 17.2. The molecular formula is C17H13F3N2O2S. The standard InChI is InChI=1S/C17H13F3N2O2S/c1-25(23,24)13-8-4-11(5-9-13)15-14(21-17(22-15)16(19)20)10-2-6-12(18)7-3-10/h2-9,16H,1H3,(H,21,22). The number of alkyl halides is 2. The van der Waals surface area contributed by atoms with Gasteiger partial charge in [0.2, 0.25) is 0 Å². The highest BCUT2D eigenvalue weighted by Gasteiger charge is 2.19. The van der Waals surface area contributed by atoms with Gasteiger partial charge in [0, 0.05) is 17.4 Å². The number of H-pyrrole nitrogens is 1. The van der Waals surface area contributed by atoms with Gasteiger partial charge in [-0.1, -0.05) is 12.1 Å². The third kappa shape index (κ3) is 3.58. The van der Waals surface area contributed by atoms with Gasteiger partial charge in [0.05, 0.1) is 16.3 Å². The third-order valence-corrected chi connectivity index (χ3v) is 4.75. The Morgan fingerprint density at radius 3 is 2.04 bits per heavy atom. The number of hydrogen-bond acceptors (Lipinski definition) is 3. The Hall–Kier alpha value is -2.61. The van der Waals surface area contributed by atoms with Crippen molar-refractivity contribution in [2.75, 3.05) is 6.26 Å². The molecule has 0 aliphatic heterocycles. The van der Waals surface area contributed by atoms with Gasteiger partial charge in [-0.05, 0) is 36.4 Å². The molecule has 0 radical (unpaired) electrons. The maximum atomic E-state index is 13.1. The normalized spacial score (nSPS) is 11.9. The monoisotopic (exact) mass is 366 g/mol. The molecule has 1 heterocycles. The van der Waals surface area contributed by atoms with Gasteiger partial charge in [-0.15, -0.1) is 0 Å². The molecule has 0 aliphatic carbocycles. The van der Waals surface area contributed by atoms with Gasteiger partial charge in [0.25, 0.3) is 6.43 Å². The summed E-state index contributed by atoms with van der Waals surface area (Å²) in [4.78, 5) is 6.60. The van der Waals surface area contributed by atoms with E-state index in [4.69, 9.17) is 0 Å². The van der Waals surface area contributed by atoms with Crippen molar-refractivity contribution in [1.82, 2.24) is 9.97 Å². The van der Waals surface area contributed by atoms with E-state index in [1.165, 1.54) is 48.5 Å². The molecule has 0 atom stereocenters. The summed E-state index contributed by atoms with van der Waals surface area (Å²) in [6.07, 6.45) is -1.72. The molecule has 0 unspecified atom stereocenters. The second-order valence-corrected chi connectivity index (χ2v) is 7.47. The van der Waals surface area contributed by atoms with Crippen LogP contribution in [0.4, 0.5) is 13.2 Å². The average molecular weight is 366 g/mol. The quantitative estimate of drug-likeness (QED) is 0.752. The molecule has 25 heavy (non-hydrogen) atoms. The first-order valence-corrected chi connectivity index (χ1v) is 9.09. The van der Waals surface area contributed by atoms with E-state index < -0.39 is 27.9 Å². The van der Waals surface area contributed by atoms with Crippen molar-refractivity contribution in [3.8, 4) is 22.5 Å². The van der Waals surface area contributed by atoms with Crippen LogP contribution in [0.25, 0.3) is 22.5 Å². The van der Waals surface area contributed by atoms with Crippen LogP contribution in [0.2, 0.25) is 0 Å². The Morgan fingerprint density at radius 1 is 0.960 bits per heavy atom. The molecule has 4 nitrogen and oxygen atoms in total. The van der Waals surface area contributed by atoms with Crippen LogP contribution in [0.15, 0.2) is 53.4 Å². The zero-order valence-corrected chi connectivity index (χ0v) is 13.8. The van der Waals surface area contributed by atoms with E-state index in [0.29, 0.717) is 16.8 Å². The highest BCUT2D eigenvalue weighted by Crippen LogP contribution is 2.33. The molecule has 0 bridgehead atoms. The molecule has 0 fully saturated rings. The lowest BCUT2D eigenvalue weighted by molar-refractivity contribution is 0.141. The zero-order valence-electron chi connectivity index (χ0n) is 13.0. The molecule has 0 saturated carbocycles. The molecule has 8 heteroatoms. The molecule has 0 aliphatic rings. The lowest BCUT2D eigenvalue weighted by atomic mass is 10.1. The van der Waals surface area contributed by atoms with Gasteiger partial charge < -0.3 is 4.98 Å². The maximum absolute atomic E-state index is 13.1. The van der Waals surface area contributed by atoms with E-state index in [1.54, 1.807) is 0 Å². The molecule has 1 aromatic heterocycles. The van der Waals surface area contributed by atoms with Crippen molar-refractivity contribution in [1.29, 1.82) is 0 Å². The Labute approximate surface area is 142 Å². The first-order chi connectivity index (χ1) is 11.8. The number of hydrogen-bond donors (Lipinski definition) is 1. The molecule has 3 rings (SSSR count). The molecule has 3 aromatic rings. The minimum absolute atomic E-state index is 0.115. The predicted molar refractivity (Wildman–Crippen MR) is 87.5 cm³/mol. The van der Waals surface area contributed by atoms with Crippen molar-refractivity contribution in [2.45, 2.75) is 11.3 Å². The van der Waals surface area contributed by atoms with Gasteiger partial charge >= 0.3 is 0 Å². The van der Waals surface area contributed by atoms with Gasteiger partial charge in [0.15, 0.2) is 15.7 Å². The SMILES string of the molecule is CS(=O)(=O)c1ccc(-c2nc(C(F)F)[nH]c2-c2ccc(F)cc2)cc1. The van der Waals surface area contributed by atoms with Crippen LogP contribution in [-0.2, 0) is 9.84 Å². The van der Waals surface area contributed by atoms with E-state index in [1.807, 2.05) is 0 Å². The minimum atomic E-state index is -3.37. The molecular weight excluding hydrogens is 353 g/mol. The maximum Gasteiger partial charge on any atom is 0.295 e. The van der Waals surface area contributed by atoms with Crippen LogP contribution in [0, 0.1) is 5.82 Å². The topological polar surface area (TPSA) is 62.8 Å². The van der Waals surface area contributed by atoms with Crippen LogP contribution < -0.4 is 0 Å². The lowest BCUT2D eigenvalue weighted by Gasteiger charge is -2.04. The number of rotatable bonds is 4. The number of sulfone groups is 1. The summed E-state index contributed by atoms with van der Waals surface area (Å²) in [6, 6.07) is 11.1. The van der Waals surface area contributed by atoms with Crippen LogP contribution >= 0.6 is 0 Å². The predicted octanol–water partition coefficient (Wildman–Crippen LogP) is 4.22. The van der Waals surface area contributed by atoms with Crippen LogP contribution in [0.1, 0.15) is 12.2 Å². The number of imidazole rings is 1. The van der Waals surface area contributed by atoms with E-state index in [9.17, 15) is 21.6 Å². The highest BCUT2D eigenvalue weighted by atomic mass is 32.2. The molecule has 0 spiro atoms. The molecule has 0 saturated heterocycles. The summed E-state index contributed by atoms with van der Waals surface area (Å²) in [7, 11) is -3.37. The largest absolute Gasteiger partial charge is 0.337 e. The molecule has 130 valence electrons. The average Bonchev–Trinajstić information content (AvgIpc) is 3.00. The smallest absolute Gasteiger partial charge is 0.295 e. The second kappa shape index (κ2) is 6.36. The van der Waals surface area contributed by atoms with E-state index in [-0.39, 0.29) is 10.6 Å². The van der Waals surface area contributed by atoms with Crippen LogP contribution in [0.5, 0.6) is 0 Å². The van der Waals surface area contributed by atoms with Gasteiger partial charge in [-0.2, -0.15) is 0 Å². The summed E-state index contributed by atoms with van der Waals surface area (Å²) in [6.45, 7) is 0. The van der Waals surface area contributed by atoms with Gasteiger partial charge in [-0.3, -0.25) is 0 Å². The van der Waals surface area contributed by atoms with E-state index in [0.717, 1.165) is 6.26 Å². The van der Waals surface area contributed by atoms with Crippen LogP contribution in [-0.4, -0.2) is 24.6 Å². The van der Waals surface area contributed by atoms with Crippen molar-refractivity contribution < 1.29 is 21.6 Å². The Bertz CT molecular complexity index is 995. The Morgan fingerprint density at radius 2 is 1.52 bits per heavy atom. The van der Waals surface area contributed by atoms with E-state index in [2.05, 4.69) is 9.97 Å². The summed E-state index contributed by atoms with van der Waals surface area (Å²) in [5.41, 5.74) is 1.50. The van der Waals surface area contributed by atoms with Gasteiger partial charge in [-0.25, -0.2) is 26.6 Å². The summed E-state index contributed by atoms with van der Waals surface area (Å²) >= 11 is 0. The number of aromatic nitrogens is 2.